The average molecular weight is 493 g/mol. The Hall–Kier alpha value is -3.94. The summed E-state index contributed by atoms with van der Waals surface area (Å²) < 4.78 is 5.41. The zero-order valence-electron chi connectivity index (χ0n) is 22.1. The number of amides is 1. The number of rotatable bonds is 7. The van der Waals surface area contributed by atoms with Crippen LogP contribution in [0.1, 0.15) is 60.5 Å². The number of carbonyl (C=O) groups is 1. The maximum atomic E-state index is 12.3. The van der Waals surface area contributed by atoms with Crippen LogP contribution in [0.25, 0.3) is 11.3 Å². The van der Waals surface area contributed by atoms with E-state index in [1.54, 1.807) is 18.2 Å². The highest BCUT2D eigenvalue weighted by Gasteiger charge is 2.29. The summed E-state index contributed by atoms with van der Waals surface area (Å²) in [5, 5.41) is 17.6. The molecule has 0 saturated carbocycles. The molecule has 2 N–H and O–H groups in total. The van der Waals surface area contributed by atoms with Crippen LogP contribution < -0.4 is 10.6 Å². The SMILES string of the molecule is CC.CCC(C)(NC(=O)OC(C)(C)C)c1ccc(Nc2nc(-c3ccccc3)ccc2[N+](=O)[O-])cc1. The van der Waals surface area contributed by atoms with Crippen molar-refractivity contribution in [1.29, 1.82) is 0 Å². The van der Waals surface area contributed by atoms with Crippen LogP contribution in [0.2, 0.25) is 0 Å². The molecule has 0 aliphatic carbocycles. The Morgan fingerprint density at radius 3 is 2.11 bits per heavy atom. The molecule has 1 unspecified atom stereocenters. The normalized spacial score (nSPS) is 12.4. The first kappa shape index (κ1) is 28.3. The summed E-state index contributed by atoms with van der Waals surface area (Å²) in [5.41, 5.74) is 1.66. The van der Waals surface area contributed by atoms with E-state index in [1.807, 2.05) is 90.9 Å². The molecule has 192 valence electrons. The lowest BCUT2D eigenvalue weighted by Gasteiger charge is -2.31. The molecule has 3 rings (SSSR count). The highest BCUT2D eigenvalue weighted by atomic mass is 16.6. The number of ether oxygens (including phenoxy) is 1. The van der Waals surface area contributed by atoms with E-state index in [4.69, 9.17) is 4.74 Å². The lowest BCUT2D eigenvalue weighted by atomic mass is 9.89. The van der Waals surface area contributed by atoms with E-state index < -0.39 is 22.2 Å². The fourth-order valence-corrected chi connectivity index (χ4v) is 3.41. The summed E-state index contributed by atoms with van der Waals surface area (Å²) in [6.07, 6.45) is 0.155. The van der Waals surface area contributed by atoms with E-state index in [9.17, 15) is 14.9 Å². The van der Waals surface area contributed by atoms with Gasteiger partial charge in [0.2, 0.25) is 5.82 Å². The van der Waals surface area contributed by atoms with Gasteiger partial charge < -0.3 is 15.4 Å². The zero-order chi connectivity index (χ0) is 26.9. The van der Waals surface area contributed by atoms with Gasteiger partial charge in [0, 0.05) is 17.3 Å². The summed E-state index contributed by atoms with van der Waals surface area (Å²) in [4.78, 5) is 27.9. The second-order valence-corrected chi connectivity index (χ2v) is 9.20. The predicted molar refractivity (Wildman–Crippen MR) is 144 cm³/mol. The van der Waals surface area contributed by atoms with E-state index >= 15 is 0 Å². The number of hydrogen-bond donors (Lipinski definition) is 2. The maximum absolute atomic E-state index is 12.3. The van der Waals surface area contributed by atoms with Crippen LogP contribution in [0.5, 0.6) is 0 Å². The third-order valence-corrected chi connectivity index (χ3v) is 5.41. The van der Waals surface area contributed by atoms with Gasteiger partial charge in [-0.15, -0.1) is 0 Å². The van der Waals surface area contributed by atoms with E-state index in [2.05, 4.69) is 15.6 Å². The lowest BCUT2D eigenvalue weighted by molar-refractivity contribution is -0.384. The van der Waals surface area contributed by atoms with Crippen LogP contribution in [-0.4, -0.2) is 21.6 Å². The zero-order valence-corrected chi connectivity index (χ0v) is 22.1. The van der Waals surface area contributed by atoms with Crippen molar-refractivity contribution >= 4 is 23.3 Å². The van der Waals surface area contributed by atoms with Crippen LogP contribution in [0.4, 0.5) is 22.0 Å². The molecule has 3 aromatic rings. The molecule has 1 heterocycles. The number of pyridine rings is 1. The molecule has 0 saturated heterocycles. The summed E-state index contributed by atoms with van der Waals surface area (Å²) in [6.45, 7) is 13.4. The van der Waals surface area contributed by atoms with Crippen molar-refractivity contribution in [2.45, 2.75) is 66.0 Å². The molecular formula is C28H36N4O4. The lowest BCUT2D eigenvalue weighted by Crippen LogP contribution is -2.45. The van der Waals surface area contributed by atoms with Crippen molar-refractivity contribution in [1.82, 2.24) is 10.3 Å². The Kier molecular flexibility index (Phi) is 9.55. The van der Waals surface area contributed by atoms with Gasteiger partial charge in [-0.1, -0.05) is 63.2 Å². The molecule has 1 amide bonds. The van der Waals surface area contributed by atoms with E-state index in [-0.39, 0.29) is 11.5 Å². The first-order chi connectivity index (χ1) is 17.0. The Morgan fingerprint density at radius 1 is 0.972 bits per heavy atom. The molecule has 2 aromatic carbocycles. The summed E-state index contributed by atoms with van der Waals surface area (Å²) in [6, 6.07) is 19.9. The van der Waals surface area contributed by atoms with E-state index in [0.29, 0.717) is 17.8 Å². The van der Waals surface area contributed by atoms with Gasteiger partial charge in [-0.3, -0.25) is 10.1 Å². The highest BCUT2D eigenvalue weighted by Crippen LogP contribution is 2.31. The monoisotopic (exact) mass is 492 g/mol. The molecule has 0 aliphatic rings. The molecule has 1 aromatic heterocycles. The predicted octanol–water partition coefficient (Wildman–Crippen LogP) is 7.58. The molecule has 0 fully saturated rings. The first-order valence-corrected chi connectivity index (χ1v) is 12.1. The third kappa shape index (κ3) is 7.53. The Morgan fingerprint density at radius 2 is 1.58 bits per heavy atom. The first-order valence-electron chi connectivity index (χ1n) is 12.1. The van der Waals surface area contributed by atoms with Crippen LogP contribution >= 0.6 is 0 Å². The Balaban J connectivity index is 0.00000222. The molecule has 0 spiro atoms. The topological polar surface area (TPSA) is 106 Å². The summed E-state index contributed by atoms with van der Waals surface area (Å²) in [7, 11) is 0. The number of carbonyl (C=O) groups excluding carboxylic acids is 1. The van der Waals surface area contributed by atoms with E-state index in [0.717, 1.165) is 11.1 Å². The molecular weight excluding hydrogens is 456 g/mol. The quantitative estimate of drug-likeness (QED) is 0.260. The van der Waals surface area contributed by atoms with Gasteiger partial charge in [0.1, 0.15) is 5.60 Å². The highest BCUT2D eigenvalue weighted by molar-refractivity contribution is 5.71. The molecule has 8 nitrogen and oxygen atoms in total. The molecule has 0 aliphatic heterocycles. The minimum Gasteiger partial charge on any atom is -0.444 e. The van der Waals surface area contributed by atoms with Crippen molar-refractivity contribution < 1.29 is 14.5 Å². The molecule has 0 radical (unpaired) electrons. The number of hydrogen-bond acceptors (Lipinski definition) is 6. The smallest absolute Gasteiger partial charge is 0.408 e. The Bertz CT molecular complexity index is 1160. The number of alkyl carbamates (subject to hydrolysis) is 1. The largest absolute Gasteiger partial charge is 0.444 e. The number of nitro groups is 1. The fraction of sp³-hybridized carbons (Fsp3) is 0.357. The molecule has 8 heteroatoms. The minimum absolute atomic E-state index is 0.117. The standard InChI is InChI=1S/C26H30N4O4.C2H6/c1-6-26(5,29-24(31)34-25(2,3)4)19-12-14-20(15-13-19)27-23-22(30(32)33)17-16-21(28-23)18-10-8-7-9-11-18;1-2/h7-17H,6H2,1-5H3,(H,27,28)(H,29,31);1-2H3. The van der Waals surface area contributed by atoms with Gasteiger partial charge in [0.15, 0.2) is 0 Å². The number of aromatic nitrogens is 1. The van der Waals surface area contributed by atoms with Gasteiger partial charge in [-0.05, 0) is 57.9 Å². The number of nitrogens with zero attached hydrogens (tertiary/aromatic N) is 2. The third-order valence-electron chi connectivity index (χ3n) is 5.41. The van der Waals surface area contributed by atoms with Crippen molar-refractivity contribution in [2.24, 2.45) is 0 Å². The van der Waals surface area contributed by atoms with Crippen LogP contribution in [0, 0.1) is 10.1 Å². The summed E-state index contributed by atoms with van der Waals surface area (Å²) in [5.74, 6) is 0.157. The van der Waals surface area contributed by atoms with Gasteiger partial charge in [0.25, 0.3) is 0 Å². The van der Waals surface area contributed by atoms with Crippen molar-refractivity contribution in [3.63, 3.8) is 0 Å². The maximum Gasteiger partial charge on any atom is 0.408 e. The minimum atomic E-state index is -0.641. The molecule has 36 heavy (non-hydrogen) atoms. The van der Waals surface area contributed by atoms with Gasteiger partial charge in [-0.2, -0.15) is 0 Å². The second-order valence-electron chi connectivity index (χ2n) is 9.20. The van der Waals surface area contributed by atoms with Crippen LogP contribution in [0.3, 0.4) is 0 Å². The average Bonchev–Trinajstić information content (AvgIpc) is 2.84. The van der Waals surface area contributed by atoms with Crippen molar-refractivity contribution in [3.8, 4) is 11.3 Å². The van der Waals surface area contributed by atoms with Crippen LogP contribution in [-0.2, 0) is 10.3 Å². The van der Waals surface area contributed by atoms with Crippen molar-refractivity contribution in [3.05, 3.63) is 82.4 Å². The number of anilines is 2. The van der Waals surface area contributed by atoms with Gasteiger partial charge in [0.05, 0.1) is 16.2 Å². The van der Waals surface area contributed by atoms with Gasteiger partial charge >= 0.3 is 11.8 Å². The Labute approximate surface area is 213 Å². The fourth-order valence-electron chi connectivity index (χ4n) is 3.41. The second kappa shape index (κ2) is 12.2. The van der Waals surface area contributed by atoms with Crippen molar-refractivity contribution in [2.75, 3.05) is 5.32 Å². The van der Waals surface area contributed by atoms with Gasteiger partial charge in [-0.25, -0.2) is 9.78 Å². The molecule has 0 bridgehead atoms. The van der Waals surface area contributed by atoms with E-state index in [1.165, 1.54) is 6.07 Å². The summed E-state index contributed by atoms with van der Waals surface area (Å²) >= 11 is 0. The number of nitrogens with one attached hydrogen (secondary N) is 2. The number of benzene rings is 2. The van der Waals surface area contributed by atoms with Crippen LogP contribution in [0.15, 0.2) is 66.7 Å². The molecule has 1 atom stereocenters.